The molecule has 0 spiro atoms. The summed E-state index contributed by atoms with van der Waals surface area (Å²) < 4.78 is 20.1. The monoisotopic (exact) mass is 355 g/mol. The van der Waals surface area contributed by atoms with Crippen molar-refractivity contribution >= 4 is 5.95 Å². The van der Waals surface area contributed by atoms with Crippen molar-refractivity contribution < 1.29 is 9.13 Å². The molecule has 2 aromatic heterocycles. The first-order valence-electron chi connectivity index (χ1n) is 8.36. The van der Waals surface area contributed by atoms with Gasteiger partial charge in [-0.2, -0.15) is 0 Å². The molecule has 0 aliphatic carbocycles. The highest BCUT2D eigenvalue weighted by atomic mass is 19.1. The van der Waals surface area contributed by atoms with E-state index in [4.69, 9.17) is 4.74 Å². The number of ether oxygens (including phenoxy) is 1. The lowest BCUT2D eigenvalue weighted by atomic mass is 10.2. The van der Waals surface area contributed by atoms with E-state index in [9.17, 15) is 9.18 Å². The van der Waals surface area contributed by atoms with Gasteiger partial charge in [0.05, 0.1) is 30.3 Å². The minimum absolute atomic E-state index is 0.276. The van der Waals surface area contributed by atoms with E-state index in [-0.39, 0.29) is 5.56 Å². The number of benzene rings is 1. The fraction of sp³-hybridized carbons (Fsp3) is 0.278. The van der Waals surface area contributed by atoms with Crippen LogP contribution in [-0.2, 0) is 4.74 Å². The Morgan fingerprint density at radius 1 is 1.23 bits per heavy atom. The van der Waals surface area contributed by atoms with E-state index in [1.165, 1.54) is 22.9 Å². The summed E-state index contributed by atoms with van der Waals surface area (Å²) in [5.41, 5.74) is 2.24. The summed E-state index contributed by atoms with van der Waals surface area (Å²) in [6.45, 7) is 4.71. The third kappa shape index (κ3) is 3.11. The van der Waals surface area contributed by atoms with Crippen LogP contribution in [0.4, 0.5) is 10.3 Å². The number of hydrogen-bond donors (Lipinski definition) is 1. The van der Waals surface area contributed by atoms with Crippen molar-refractivity contribution in [2.45, 2.75) is 6.92 Å². The fourth-order valence-corrected chi connectivity index (χ4v) is 2.98. The first-order chi connectivity index (χ1) is 12.6. The van der Waals surface area contributed by atoms with Crippen molar-refractivity contribution in [2.75, 3.05) is 31.2 Å². The van der Waals surface area contributed by atoms with Crippen LogP contribution in [0.25, 0.3) is 16.9 Å². The summed E-state index contributed by atoms with van der Waals surface area (Å²) in [6, 6.07) is 7.32. The normalized spacial score (nSPS) is 14.6. The predicted octanol–water partition coefficient (Wildman–Crippen LogP) is 1.91. The van der Waals surface area contributed by atoms with E-state index >= 15 is 0 Å². The maximum Gasteiger partial charge on any atom is 0.271 e. The molecule has 1 N–H and O–H groups in total. The van der Waals surface area contributed by atoms with E-state index in [1.54, 1.807) is 18.3 Å². The van der Waals surface area contributed by atoms with Crippen molar-refractivity contribution in [2.24, 2.45) is 0 Å². The van der Waals surface area contributed by atoms with Crippen LogP contribution in [0.3, 0.4) is 0 Å². The quantitative estimate of drug-likeness (QED) is 0.777. The molecule has 26 heavy (non-hydrogen) atoms. The summed E-state index contributed by atoms with van der Waals surface area (Å²) in [5, 5.41) is 3.00. The predicted molar refractivity (Wildman–Crippen MR) is 95.1 cm³/mol. The smallest absolute Gasteiger partial charge is 0.271 e. The van der Waals surface area contributed by atoms with E-state index in [2.05, 4.69) is 20.0 Å². The van der Waals surface area contributed by atoms with E-state index < -0.39 is 5.82 Å². The van der Waals surface area contributed by atoms with Crippen LogP contribution in [0, 0.1) is 12.7 Å². The average Bonchev–Trinajstić information content (AvgIpc) is 3.04. The molecule has 1 aliphatic heterocycles. The van der Waals surface area contributed by atoms with Crippen molar-refractivity contribution in [1.82, 2.24) is 19.7 Å². The zero-order valence-corrected chi connectivity index (χ0v) is 14.3. The summed E-state index contributed by atoms with van der Waals surface area (Å²) >= 11 is 0. The highest BCUT2D eigenvalue weighted by Crippen LogP contribution is 2.21. The summed E-state index contributed by atoms with van der Waals surface area (Å²) in [4.78, 5) is 23.4. The van der Waals surface area contributed by atoms with Gasteiger partial charge in [-0.1, -0.05) is 6.07 Å². The number of rotatable bonds is 3. The zero-order valence-electron chi connectivity index (χ0n) is 14.3. The maximum atomic E-state index is 13.4. The highest BCUT2D eigenvalue weighted by molar-refractivity contribution is 5.61. The van der Waals surface area contributed by atoms with E-state index in [0.29, 0.717) is 30.5 Å². The second-order valence-corrected chi connectivity index (χ2v) is 6.09. The minimum Gasteiger partial charge on any atom is -0.378 e. The zero-order chi connectivity index (χ0) is 18.1. The molecule has 1 fully saturated rings. The van der Waals surface area contributed by atoms with Crippen molar-refractivity contribution in [3.8, 4) is 16.9 Å². The molecule has 7 nitrogen and oxygen atoms in total. The third-order valence-corrected chi connectivity index (χ3v) is 4.34. The van der Waals surface area contributed by atoms with Crippen LogP contribution in [0.1, 0.15) is 5.69 Å². The molecule has 8 heteroatoms. The van der Waals surface area contributed by atoms with Gasteiger partial charge in [-0.15, -0.1) is 0 Å². The molecule has 4 rings (SSSR count). The molecule has 0 radical (unpaired) electrons. The Kier molecular flexibility index (Phi) is 4.26. The number of anilines is 1. The van der Waals surface area contributed by atoms with Crippen molar-refractivity contribution in [1.29, 1.82) is 0 Å². The molecule has 1 aliphatic rings. The highest BCUT2D eigenvalue weighted by Gasteiger charge is 2.16. The Morgan fingerprint density at radius 3 is 2.77 bits per heavy atom. The largest absolute Gasteiger partial charge is 0.378 e. The summed E-state index contributed by atoms with van der Waals surface area (Å²) in [5.74, 6) is 0.251. The van der Waals surface area contributed by atoms with Gasteiger partial charge in [-0.25, -0.2) is 19.0 Å². The molecule has 1 saturated heterocycles. The number of aromatic nitrogens is 4. The number of aromatic amines is 1. The second-order valence-electron chi connectivity index (χ2n) is 6.09. The standard InChI is InChI=1S/C18H18FN5O2/c1-12-15(11-20-18(21-12)23-5-7-26-8-6-23)16-10-17(25)24(22-16)14-4-2-3-13(19)9-14/h2-4,9-11,22H,5-8H2,1H3. The SMILES string of the molecule is Cc1nc(N2CCOCC2)ncc1-c1cc(=O)n(-c2cccc(F)c2)[nH]1. The van der Waals surface area contributed by atoms with Crippen molar-refractivity contribution in [3.63, 3.8) is 0 Å². The Morgan fingerprint density at radius 2 is 2.04 bits per heavy atom. The second kappa shape index (κ2) is 6.72. The topological polar surface area (TPSA) is 76.0 Å². The van der Waals surface area contributed by atoms with Crippen LogP contribution in [-0.4, -0.2) is 46.1 Å². The van der Waals surface area contributed by atoms with Crippen LogP contribution < -0.4 is 10.5 Å². The minimum atomic E-state index is -0.403. The number of aryl methyl sites for hydroxylation is 1. The van der Waals surface area contributed by atoms with Gasteiger partial charge in [0, 0.05) is 30.9 Å². The lowest BCUT2D eigenvalue weighted by Gasteiger charge is -2.27. The lowest BCUT2D eigenvalue weighted by molar-refractivity contribution is 0.122. The molecule has 0 bridgehead atoms. The van der Waals surface area contributed by atoms with Gasteiger partial charge in [-0.3, -0.25) is 9.89 Å². The van der Waals surface area contributed by atoms with Gasteiger partial charge < -0.3 is 9.64 Å². The molecule has 0 atom stereocenters. The maximum absolute atomic E-state index is 13.4. The Bertz CT molecular complexity index is 991. The number of halogens is 1. The first-order valence-corrected chi connectivity index (χ1v) is 8.36. The average molecular weight is 355 g/mol. The Balaban J connectivity index is 1.68. The Hall–Kier alpha value is -3.00. The van der Waals surface area contributed by atoms with Gasteiger partial charge in [-0.05, 0) is 25.1 Å². The van der Waals surface area contributed by atoms with Crippen LogP contribution >= 0.6 is 0 Å². The number of H-pyrrole nitrogens is 1. The number of nitrogens with zero attached hydrogens (tertiary/aromatic N) is 4. The van der Waals surface area contributed by atoms with E-state index in [0.717, 1.165) is 24.3 Å². The molecule has 0 saturated carbocycles. The molecule has 1 aromatic carbocycles. The molecule has 134 valence electrons. The van der Waals surface area contributed by atoms with Gasteiger partial charge in [0.15, 0.2) is 0 Å². The third-order valence-electron chi connectivity index (χ3n) is 4.34. The Labute approximate surface area is 149 Å². The molecule has 3 heterocycles. The van der Waals surface area contributed by atoms with Gasteiger partial charge in [0.1, 0.15) is 5.82 Å². The van der Waals surface area contributed by atoms with Crippen molar-refractivity contribution in [3.05, 3.63) is 58.4 Å². The molecule has 0 unspecified atom stereocenters. The van der Waals surface area contributed by atoms with Crippen LogP contribution in [0.5, 0.6) is 0 Å². The number of hydrogen-bond acceptors (Lipinski definition) is 5. The number of morpholine rings is 1. The van der Waals surface area contributed by atoms with Gasteiger partial charge in [0.25, 0.3) is 5.56 Å². The van der Waals surface area contributed by atoms with Gasteiger partial charge in [0.2, 0.25) is 5.95 Å². The van der Waals surface area contributed by atoms with Gasteiger partial charge >= 0.3 is 0 Å². The lowest BCUT2D eigenvalue weighted by Crippen LogP contribution is -2.37. The van der Waals surface area contributed by atoms with E-state index in [1.807, 2.05) is 6.92 Å². The summed E-state index contributed by atoms with van der Waals surface area (Å²) in [7, 11) is 0. The van der Waals surface area contributed by atoms with Crippen LogP contribution in [0.15, 0.2) is 41.3 Å². The molecule has 0 amide bonds. The molecular formula is C18H18FN5O2. The fourth-order valence-electron chi connectivity index (χ4n) is 2.98. The van der Waals surface area contributed by atoms with Crippen LogP contribution in [0.2, 0.25) is 0 Å². The number of nitrogens with one attached hydrogen (secondary N) is 1. The molecule has 3 aromatic rings. The summed E-state index contributed by atoms with van der Waals surface area (Å²) in [6.07, 6.45) is 1.70. The molecular weight excluding hydrogens is 337 g/mol. The first kappa shape index (κ1) is 16.5.